The van der Waals surface area contributed by atoms with Crippen LogP contribution in [-0.4, -0.2) is 17.6 Å². The second-order valence-electron chi connectivity index (χ2n) is 9.15. The first-order chi connectivity index (χ1) is 15.9. The molecule has 0 aromatic heterocycles. The highest BCUT2D eigenvalue weighted by atomic mass is 79.9. The van der Waals surface area contributed by atoms with Crippen molar-refractivity contribution in [1.29, 1.82) is 10.5 Å². The molecule has 0 aliphatic heterocycles. The lowest BCUT2D eigenvalue weighted by Crippen LogP contribution is -2.41. The third kappa shape index (κ3) is 11.4. The van der Waals surface area contributed by atoms with Crippen molar-refractivity contribution in [3.63, 3.8) is 0 Å². The Labute approximate surface area is 208 Å². The van der Waals surface area contributed by atoms with Crippen LogP contribution >= 0.6 is 15.9 Å². The summed E-state index contributed by atoms with van der Waals surface area (Å²) in [5, 5.41) is 21.0. The van der Waals surface area contributed by atoms with Gasteiger partial charge in [0, 0.05) is 11.9 Å². The molecule has 2 rings (SSSR count). The average molecular weight is 534 g/mol. The minimum atomic E-state index is -0.555. The van der Waals surface area contributed by atoms with E-state index in [2.05, 4.69) is 21.2 Å². The van der Waals surface area contributed by atoms with Gasteiger partial charge in [-0.1, -0.05) is 29.8 Å². The van der Waals surface area contributed by atoms with Crippen molar-refractivity contribution >= 4 is 21.9 Å². The maximum Gasteiger partial charge on any atom is 0.323 e. The molecular formula is C26H30BrF2N3O2. The SMILES string of the molecule is CC(C)CC(NCc1cc(F)cc(C#N)c1)C(=O)OC(C)(C)C.N#Cc1cc(F)cc(CBr)c1. The van der Waals surface area contributed by atoms with Crippen LogP contribution in [0.5, 0.6) is 0 Å². The van der Waals surface area contributed by atoms with Gasteiger partial charge >= 0.3 is 5.97 Å². The summed E-state index contributed by atoms with van der Waals surface area (Å²) in [5.74, 6) is -0.831. The van der Waals surface area contributed by atoms with Gasteiger partial charge in [0.25, 0.3) is 0 Å². The van der Waals surface area contributed by atoms with Crippen LogP contribution in [-0.2, 0) is 21.4 Å². The second-order valence-corrected chi connectivity index (χ2v) is 9.71. The van der Waals surface area contributed by atoms with Gasteiger partial charge < -0.3 is 10.1 Å². The summed E-state index contributed by atoms with van der Waals surface area (Å²) in [6.45, 7) is 9.81. The highest BCUT2D eigenvalue weighted by molar-refractivity contribution is 9.08. The predicted molar refractivity (Wildman–Crippen MR) is 131 cm³/mol. The van der Waals surface area contributed by atoms with Gasteiger partial charge in [-0.25, -0.2) is 8.78 Å². The monoisotopic (exact) mass is 533 g/mol. The Balaban J connectivity index is 0.000000437. The fourth-order valence-electron chi connectivity index (χ4n) is 2.96. The van der Waals surface area contributed by atoms with Crippen LogP contribution in [0.1, 0.15) is 63.3 Å². The van der Waals surface area contributed by atoms with Crippen LogP contribution < -0.4 is 5.32 Å². The molecule has 0 heterocycles. The number of alkyl halides is 1. The Bertz CT molecular complexity index is 1050. The molecule has 0 radical (unpaired) electrons. The van der Waals surface area contributed by atoms with Crippen molar-refractivity contribution in [2.24, 2.45) is 5.92 Å². The molecule has 5 nitrogen and oxygen atoms in total. The van der Waals surface area contributed by atoms with Crippen molar-refractivity contribution in [3.8, 4) is 12.1 Å². The van der Waals surface area contributed by atoms with Crippen molar-refractivity contribution < 1.29 is 18.3 Å². The number of ether oxygens (including phenoxy) is 1. The summed E-state index contributed by atoms with van der Waals surface area (Å²) in [5.41, 5.74) is 1.47. The van der Waals surface area contributed by atoms with Gasteiger partial charge in [-0.05, 0) is 80.6 Å². The number of nitriles is 2. The van der Waals surface area contributed by atoms with E-state index in [1.165, 1.54) is 24.3 Å². The van der Waals surface area contributed by atoms with E-state index in [9.17, 15) is 13.6 Å². The van der Waals surface area contributed by atoms with Gasteiger partial charge in [-0.3, -0.25) is 4.79 Å². The van der Waals surface area contributed by atoms with Crippen LogP contribution in [0.2, 0.25) is 0 Å². The van der Waals surface area contributed by atoms with E-state index in [0.29, 0.717) is 35.3 Å². The van der Waals surface area contributed by atoms with E-state index >= 15 is 0 Å². The molecule has 2 aromatic rings. The van der Waals surface area contributed by atoms with Gasteiger partial charge in [0.05, 0.1) is 23.3 Å². The fraction of sp³-hybridized carbons (Fsp3) is 0.423. The number of esters is 1. The summed E-state index contributed by atoms with van der Waals surface area (Å²) < 4.78 is 31.5. The molecule has 0 aliphatic rings. The first kappa shape index (κ1) is 29.2. The van der Waals surface area contributed by atoms with E-state index in [1.807, 2.05) is 46.8 Å². The Hall–Kier alpha value is -2.81. The molecule has 1 unspecified atom stereocenters. The van der Waals surface area contributed by atoms with Crippen LogP contribution in [0.3, 0.4) is 0 Å². The molecule has 0 fully saturated rings. The maximum atomic E-state index is 13.5. The average Bonchev–Trinajstić information content (AvgIpc) is 2.74. The molecule has 8 heteroatoms. The zero-order chi connectivity index (χ0) is 25.9. The van der Waals surface area contributed by atoms with E-state index in [4.69, 9.17) is 15.3 Å². The van der Waals surface area contributed by atoms with Crippen LogP contribution in [0.15, 0.2) is 36.4 Å². The number of rotatable bonds is 7. The number of hydrogen-bond donors (Lipinski definition) is 1. The fourth-order valence-corrected chi connectivity index (χ4v) is 3.28. The van der Waals surface area contributed by atoms with Crippen molar-refractivity contribution in [2.45, 2.75) is 64.6 Å². The third-order valence-electron chi connectivity index (χ3n) is 4.28. The summed E-state index contributed by atoms with van der Waals surface area (Å²) in [7, 11) is 0. The Morgan fingerprint density at radius 1 is 1.00 bits per heavy atom. The zero-order valence-electron chi connectivity index (χ0n) is 20.1. The third-order valence-corrected chi connectivity index (χ3v) is 4.93. The molecule has 182 valence electrons. The van der Waals surface area contributed by atoms with Gasteiger partial charge in [0.1, 0.15) is 23.3 Å². The Morgan fingerprint density at radius 3 is 1.94 bits per heavy atom. The minimum Gasteiger partial charge on any atom is -0.459 e. The smallest absolute Gasteiger partial charge is 0.323 e. The quantitative estimate of drug-likeness (QED) is 0.341. The van der Waals surface area contributed by atoms with Gasteiger partial charge in [-0.15, -0.1) is 0 Å². The summed E-state index contributed by atoms with van der Waals surface area (Å²) in [6.07, 6.45) is 0.620. The number of nitrogens with zero attached hydrogens (tertiary/aromatic N) is 2. The van der Waals surface area contributed by atoms with E-state index in [1.54, 1.807) is 12.1 Å². The topological polar surface area (TPSA) is 85.9 Å². The summed E-state index contributed by atoms with van der Waals surface area (Å²) >= 11 is 3.18. The highest BCUT2D eigenvalue weighted by Gasteiger charge is 2.25. The lowest BCUT2D eigenvalue weighted by atomic mass is 10.0. The van der Waals surface area contributed by atoms with Crippen LogP contribution in [0, 0.1) is 40.2 Å². The molecule has 0 saturated carbocycles. The maximum absolute atomic E-state index is 13.5. The molecule has 0 bridgehead atoms. The number of benzene rings is 2. The lowest BCUT2D eigenvalue weighted by molar-refractivity contribution is -0.158. The van der Waals surface area contributed by atoms with E-state index in [-0.39, 0.29) is 17.3 Å². The number of carbonyl (C=O) groups excluding carboxylic acids is 1. The van der Waals surface area contributed by atoms with E-state index < -0.39 is 17.5 Å². The largest absolute Gasteiger partial charge is 0.459 e. The number of carbonyl (C=O) groups is 1. The normalized spacial score (nSPS) is 11.6. The first-order valence-electron chi connectivity index (χ1n) is 10.8. The summed E-state index contributed by atoms with van der Waals surface area (Å²) in [4.78, 5) is 12.3. The molecule has 0 aliphatic carbocycles. The molecule has 0 amide bonds. The van der Waals surface area contributed by atoms with Crippen molar-refractivity contribution in [2.75, 3.05) is 0 Å². The molecule has 34 heavy (non-hydrogen) atoms. The standard InChI is InChI=1S/C18H25FN2O2.C8H5BrFN/c1-12(2)6-16(17(22)23-18(3,4)5)21-11-14-7-13(10-20)8-15(19)9-14;9-4-6-1-7(5-11)3-8(10)2-6/h7-9,12,16,21H,6,11H2,1-5H3;1-3H,4H2. The van der Waals surface area contributed by atoms with Crippen molar-refractivity contribution in [3.05, 3.63) is 70.3 Å². The summed E-state index contributed by atoms with van der Waals surface area (Å²) in [6, 6.07) is 11.7. The first-order valence-corrected chi connectivity index (χ1v) is 11.9. The molecule has 0 spiro atoms. The van der Waals surface area contributed by atoms with Gasteiger partial charge in [-0.2, -0.15) is 10.5 Å². The number of halogens is 3. The molecular weight excluding hydrogens is 504 g/mol. The van der Waals surface area contributed by atoms with Gasteiger partial charge in [0.2, 0.25) is 0 Å². The molecule has 1 atom stereocenters. The molecule has 1 N–H and O–H groups in total. The number of hydrogen-bond acceptors (Lipinski definition) is 5. The van der Waals surface area contributed by atoms with Crippen LogP contribution in [0.25, 0.3) is 0 Å². The lowest BCUT2D eigenvalue weighted by Gasteiger charge is -2.25. The molecule has 0 saturated heterocycles. The highest BCUT2D eigenvalue weighted by Crippen LogP contribution is 2.15. The Kier molecular flexibility index (Phi) is 11.9. The predicted octanol–water partition coefficient (Wildman–Crippen LogP) is 6.14. The minimum absolute atomic E-state index is 0.263. The zero-order valence-corrected chi connectivity index (χ0v) is 21.7. The molecule has 2 aromatic carbocycles. The van der Waals surface area contributed by atoms with Crippen LogP contribution in [0.4, 0.5) is 8.78 Å². The van der Waals surface area contributed by atoms with Gasteiger partial charge in [0.15, 0.2) is 0 Å². The second kappa shape index (κ2) is 13.8. The Morgan fingerprint density at radius 2 is 1.50 bits per heavy atom. The number of nitrogens with one attached hydrogen (secondary N) is 1. The van der Waals surface area contributed by atoms with Crippen molar-refractivity contribution in [1.82, 2.24) is 5.32 Å². The van der Waals surface area contributed by atoms with E-state index in [0.717, 1.165) is 5.56 Å².